The SMILES string of the molecule is COc1cnc2c(ccc3c(OC)ccnc32)c1.COc1cnc2c(ccc3c(OC)ccnc32)c1.[Cl-].[Cl][Rh+][Cl]. The van der Waals surface area contributed by atoms with E-state index in [1.807, 2.05) is 48.5 Å². The minimum absolute atomic E-state index is 0. The van der Waals surface area contributed by atoms with E-state index in [1.54, 1.807) is 53.2 Å². The number of pyridine rings is 4. The van der Waals surface area contributed by atoms with E-state index in [-0.39, 0.29) is 27.6 Å². The molecule has 0 amide bonds. The Morgan fingerprint density at radius 1 is 0.550 bits per heavy atom. The van der Waals surface area contributed by atoms with Crippen LogP contribution in [-0.4, -0.2) is 48.4 Å². The molecule has 0 N–H and O–H groups in total. The number of halogens is 3. The predicted molar refractivity (Wildman–Crippen MR) is 152 cm³/mol. The Morgan fingerprint density at radius 3 is 1.30 bits per heavy atom. The molecule has 0 spiro atoms. The second-order valence-corrected chi connectivity index (χ2v) is 10.4. The van der Waals surface area contributed by atoms with Gasteiger partial charge in [-0.1, -0.05) is 12.1 Å². The van der Waals surface area contributed by atoms with Gasteiger partial charge in [-0.3, -0.25) is 19.9 Å². The van der Waals surface area contributed by atoms with Gasteiger partial charge in [-0.2, -0.15) is 0 Å². The molecule has 0 unspecified atom stereocenters. The first kappa shape index (κ1) is 31.3. The first-order chi connectivity index (χ1) is 19.1. The van der Waals surface area contributed by atoms with Crippen LogP contribution in [0, 0.1) is 0 Å². The van der Waals surface area contributed by atoms with Crippen LogP contribution in [-0.2, 0) is 15.1 Å². The van der Waals surface area contributed by atoms with Gasteiger partial charge in [-0.05, 0) is 36.4 Å². The molecular weight excluding hydrogens is 666 g/mol. The van der Waals surface area contributed by atoms with Crippen molar-refractivity contribution in [2.24, 2.45) is 0 Å². The molecule has 0 aliphatic heterocycles. The van der Waals surface area contributed by atoms with E-state index in [2.05, 4.69) is 19.9 Å². The molecular formula is C28H24Cl3N4O4Rh. The summed E-state index contributed by atoms with van der Waals surface area (Å²) in [4.78, 5) is 17.6. The first-order valence-electron chi connectivity index (χ1n) is 11.4. The number of hydrogen-bond acceptors (Lipinski definition) is 8. The Hall–Kier alpha value is -3.23. The summed E-state index contributed by atoms with van der Waals surface area (Å²) in [5.41, 5.74) is 3.39. The van der Waals surface area contributed by atoms with Crippen molar-refractivity contribution in [1.82, 2.24) is 19.9 Å². The molecule has 6 aromatic rings. The normalized spacial score (nSPS) is 10.2. The molecule has 8 nitrogen and oxygen atoms in total. The molecule has 6 rings (SSSR count). The van der Waals surface area contributed by atoms with Gasteiger partial charge in [0, 0.05) is 33.9 Å². The second-order valence-electron chi connectivity index (χ2n) is 7.89. The summed E-state index contributed by atoms with van der Waals surface area (Å²) in [7, 11) is 16.2. The average molecular weight is 690 g/mol. The van der Waals surface area contributed by atoms with Crippen molar-refractivity contribution in [2.75, 3.05) is 28.4 Å². The van der Waals surface area contributed by atoms with Crippen LogP contribution < -0.4 is 31.4 Å². The molecule has 0 atom stereocenters. The molecule has 210 valence electrons. The Kier molecular flexibility index (Phi) is 11.7. The van der Waals surface area contributed by atoms with Crippen LogP contribution in [0.4, 0.5) is 0 Å². The standard InChI is InChI=1S/2C14H12N2O2.3ClH.Rh/c2*1-17-10-7-9-3-4-11-12(18-2)5-6-15-14(11)13(9)16-8-10;;;;/h2*3-8H,1-2H3;3*1H;/q;;;;;+3/p-3. The summed E-state index contributed by atoms with van der Waals surface area (Å²) < 4.78 is 21.0. The number of aromatic nitrogens is 4. The van der Waals surface area contributed by atoms with E-state index >= 15 is 0 Å². The quantitative estimate of drug-likeness (QED) is 0.203. The van der Waals surface area contributed by atoms with Crippen LogP contribution in [0.2, 0.25) is 0 Å². The fourth-order valence-electron chi connectivity index (χ4n) is 4.11. The average Bonchev–Trinajstić information content (AvgIpc) is 3.00. The van der Waals surface area contributed by atoms with E-state index in [0.717, 1.165) is 66.6 Å². The summed E-state index contributed by atoms with van der Waals surface area (Å²) >= 11 is -0.226. The van der Waals surface area contributed by atoms with Gasteiger partial charge in [-0.25, -0.2) is 0 Å². The van der Waals surface area contributed by atoms with Crippen molar-refractivity contribution in [3.63, 3.8) is 0 Å². The van der Waals surface area contributed by atoms with Crippen molar-refractivity contribution >= 4 is 63.0 Å². The van der Waals surface area contributed by atoms with Crippen LogP contribution in [0.1, 0.15) is 0 Å². The maximum atomic E-state index is 5.33. The number of nitrogens with zero attached hydrogens (tertiary/aromatic N) is 4. The van der Waals surface area contributed by atoms with E-state index in [0.29, 0.717) is 0 Å². The zero-order valence-electron chi connectivity index (χ0n) is 21.8. The summed E-state index contributed by atoms with van der Waals surface area (Å²) in [6, 6.07) is 15.6. The van der Waals surface area contributed by atoms with E-state index in [9.17, 15) is 0 Å². The number of fused-ring (bicyclic) bond motifs is 6. The molecule has 0 saturated carbocycles. The second kappa shape index (κ2) is 15.0. The van der Waals surface area contributed by atoms with Crippen molar-refractivity contribution in [2.45, 2.75) is 0 Å². The fraction of sp³-hybridized carbons (Fsp3) is 0.143. The van der Waals surface area contributed by atoms with Gasteiger partial charge >= 0.3 is 34.5 Å². The third-order valence-corrected chi connectivity index (χ3v) is 5.90. The molecule has 40 heavy (non-hydrogen) atoms. The van der Waals surface area contributed by atoms with Gasteiger partial charge in [0.05, 0.1) is 51.9 Å². The molecule has 0 radical (unpaired) electrons. The zero-order chi connectivity index (χ0) is 27.8. The molecule has 4 heterocycles. The molecule has 2 aromatic carbocycles. The number of rotatable bonds is 4. The van der Waals surface area contributed by atoms with Crippen molar-refractivity contribution in [3.8, 4) is 23.0 Å². The van der Waals surface area contributed by atoms with E-state index in [4.69, 9.17) is 38.3 Å². The Labute approximate surface area is 253 Å². The van der Waals surface area contributed by atoms with E-state index < -0.39 is 0 Å². The van der Waals surface area contributed by atoms with Crippen molar-refractivity contribution in [3.05, 3.63) is 73.3 Å². The predicted octanol–water partition coefficient (Wildman–Crippen LogP) is 3.98. The maximum absolute atomic E-state index is 5.33. The topological polar surface area (TPSA) is 88.5 Å². The number of methoxy groups -OCH3 is 4. The third-order valence-electron chi connectivity index (χ3n) is 5.90. The number of benzene rings is 2. The van der Waals surface area contributed by atoms with Crippen molar-refractivity contribution < 1.29 is 46.5 Å². The number of ether oxygens (including phenoxy) is 4. The molecule has 4 aromatic heterocycles. The van der Waals surface area contributed by atoms with Gasteiger partial charge in [0.25, 0.3) is 0 Å². The minimum atomic E-state index is -0.226. The third kappa shape index (κ3) is 6.73. The molecule has 0 fully saturated rings. The first-order valence-corrected chi connectivity index (χ1v) is 15.6. The van der Waals surface area contributed by atoms with E-state index in [1.165, 1.54) is 0 Å². The van der Waals surface area contributed by atoms with Crippen LogP contribution in [0.5, 0.6) is 23.0 Å². The monoisotopic (exact) mass is 688 g/mol. The summed E-state index contributed by atoms with van der Waals surface area (Å²) in [5, 5.41) is 3.93. The molecule has 0 aliphatic rings. The zero-order valence-corrected chi connectivity index (χ0v) is 25.7. The summed E-state index contributed by atoms with van der Waals surface area (Å²) in [6.45, 7) is 0. The van der Waals surface area contributed by atoms with Gasteiger partial charge in [0.1, 0.15) is 34.0 Å². The van der Waals surface area contributed by atoms with Gasteiger partial charge in [0.15, 0.2) is 0 Å². The fourth-order valence-corrected chi connectivity index (χ4v) is 4.11. The Balaban J connectivity index is 0.000000197. The Bertz CT molecular complexity index is 1620. The Morgan fingerprint density at radius 2 is 0.950 bits per heavy atom. The molecule has 12 heteroatoms. The van der Waals surface area contributed by atoms with Crippen LogP contribution >= 0.6 is 19.4 Å². The van der Waals surface area contributed by atoms with Gasteiger partial charge in [0.2, 0.25) is 0 Å². The number of hydrogen-bond donors (Lipinski definition) is 0. The molecule has 0 saturated heterocycles. The summed E-state index contributed by atoms with van der Waals surface area (Å²) in [5.74, 6) is 3.09. The molecule has 0 bridgehead atoms. The van der Waals surface area contributed by atoms with Crippen LogP contribution in [0.3, 0.4) is 0 Å². The summed E-state index contributed by atoms with van der Waals surface area (Å²) in [6.07, 6.45) is 6.85. The van der Waals surface area contributed by atoms with Gasteiger partial charge in [-0.15, -0.1) is 0 Å². The van der Waals surface area contributed by atoms with Gasteiger partial charge < -0.3 is 31.4 Å². The molecule has 0 aliphatic carbocycles. The van der Waals surface area contributed by atoms with Crippen LogP contribution in [0.25, 0.3) is 43.6 Å². The van der Waals surface area contributed by atoms with Crippen LogP contribution in [0.15, 0.2) is 73.3 Å². The van der Waals surface area contributed by atoms with Crippen molar-refractivity contribution in [1.29, 1.82) is 0 Å².